The van der Waals surface area contributed by atoms with Gasteiger partial charge in [-0.3, -0.25) is 4.79 Å². The summed E-state index contributed by atoms with van der Waals surface area (Å²) in [6.07, 6.45) is 3.68. The van der Waals surface area contributed by atoms with Gasteiger partial charge in [0.2, 0.25) is 5.91 Å². The van der Waals surface area contributed by atoms with Gasteiger partial charge in [-0.25, -0.2) is 9.48 Å². The summed E-state index contributed by atoms with van der Waals surface area (Å²) in [7, 11) is 0. The second-order valence-corrected chi connectivity index (χ2v) is 6.99. The standard InChI is InChI=1S/C21H28N4O3/c1-3-16-5-7-17(8-6-16)15-25-19(9-12-22-25)23-20(26)18-10-13-24(14-11-18)21(27)28-4-2/h5-9,12,18H,3-4,10-11,13-15H2,1-2H3,(H,23,26). The van der Waals surface area contributed by atoms with Crippen LogP contribution in [0.15, 0.2) is 36.5 Å². The van der Waals surface area contributed by atoms with Gasteiger partial charge in [-0.1, -0.05) is 31.2 Å². The van der Waals surface area contributed by atoms with Crippen molar-refractivity contribution in [3.8, 4) is 0 Å². The highest BCUT2D eigenvalue weighted by Gasteiger charge is 2.28. The highest BCUT2D eigenvalue weighted by atomic mass is 16.6. The van der Waals surface area contributed by atoms with E-state index in [2.05, 4.69) is 41.6 Å². The van der Waals surface area contributed by atoms with Crippen LogP contribution in [0.1, 0.15) is 37.8 Å². The van der Waals surface area contributed by atoms with Crippen LogP contribution in [0.2, 0.25) is 0 Å². The Labute approximate surface area is 165 Å². The van der Waals surface area contributed by atoms with E-state index in [1.165, 1.54) is 5.56 Å². The molecule has 0 bridgehead atoms. The second kappa shape index (κ2) is 9.39. The monoisotopic (exact) mass is 384 g/mol. The van der Waals surface area contributed by atoms with Crippen LogP contribution >= 0.6 is 0 Å². The molecule has 3 rings (SSSR count). The number of aryl methyl sites for hydroxylation is 1. The van der Waals surface area contributed by atoms with Crippen LogP contribution in [0.4, 0.5) is 10.6 Å². The number of nitrogens with one attached hydrogen (secondary N) is 1. The summed E-state index contributed by atoms with van der Waals surface area (Å²) in [5.74, 6) is 0.557. The molecular formula is C21H28N4O3. The fourth-order valence-electron chi connectivity index (χ4n) is 3.39. The van der Waals surface area contributed by atoms with Gasteiger partial charge in [0.05, 0.1) is 19.3 Å². The van der Waals surface area contributed by atoms with Gasteiger partial charge in [-0.05, 0) is 37.3 Å². The molecular weight excluding hydrogens is 356 g/mol. The Morgan fingerprint density at radius 2 is 1.79 bits per heavy atom. The number of hydrogen-bond donors (Lipinski definition) is 1. The van der Waals surface area contributed by atoms with Crippen molar-refractivity contribution in [2.75, 3.05) is 25.0 Å². The first-order valence-electron chi connectivity index (χ1n) is 9.93. The van der Waals surface area contributed by atoms with Crippen molar-refractivity contribution in [3.63, 3.8) is 0 Å². The Morgan fingerprint density at radius 1 is 1.11 bits per heavy atom. The van der Waals surface area contributed by atoms with Crippen LogP contribution in [0.3, 0.4) is 0 Å². The largest absolute Gasteiger partial charge is 0.450 e. The lowest BCUT2D eigenvalue weighted by Crippen LogP contribution is -2.41. The normalized spacial score (nSPS) is 14.7. The highest BCUT2D eigenvalue weighted by Crippen LogP contribution is 2.20. The Balaban J connectivity index is 1.55. The van der Waals surface area contributed by atoms with Crippen molar-refractivity contribution in [1.29, 1.82) is 0 Å². The van der Waals surface area contributed by atoms with E-state index in [0.717, 1.165) is 12.0 Å². The first-order chi connectivity index (χ1) is 13.6. The molecule has 0 saturated carbocycles. The highest BCUT2D eigenvalue weighted by molar-refractivity contribution is 5.92. The quantitative estimate of drug-likeness (QED) is 0.829. The zero-order valence-corrected chi connectivity index (χ0v) is 16.6. The molecule has 1 aliphatic rings. The summed E-state index contributed by atoms with van der Waals surface area (Å²) in [6.45, 7) is 5.98. The third-order valence-electron chi connectivity index (χ3n) is 5.12. The third-order valence-corrected chi connectivity index (χ3v) is 5.12. The number of piperidine rings is 1. The van der Waals surface area contributed by atoms with Gasteiger partial charge < -0.3 is 15.0 Å². The van der Waals surface area contributed by atoms with Gasteiger partial charge in [0, 0.05) is 25.1 Å². The number of likely N-dealkylation sites (tertiary alicyclic amines) is 1. The Hall–Kier alpha value is -2.83. The molecule has 1 saturated heterocycles. The number of nitrogens with zero attached hydrogens (tertiary/aromatic N) is 3. The lowest BCUT2D eigenvalue weighted by molar-refractivity contribution is -0.121. The molecule has 7 heteroatoms. The number of anilines is 1. The van der Waals surface area contributed by atoms with Gasteiger partial charge in [-0.15, -0.1) is 0 Å². The molecule has 0 aliphatic carbocycles. The predicted octanol–water partition coefficient (Wildman–Crippen LogP) is 3.30. The molecule has 1 aliphatic heterocycles. The summed E-state index contributed by atoms with van der Waals surface area (Å²) >= 11 is 0. The van der Waals surface area contributed by atoms with Gasteiger partial charge in [0.15, 0.2) is 0 Å². The molecule has 0 spiro atoms. The predicted molar refractivity (Wildman–Crippen MR) is 107 cm³/mol. The molecule has 150 valence electrons. The molecule has 1 fully saturated rings. The SMILES string of the molecule is CCOC(=O)N1CCC(C(=O)Nc2ccnn2Cc2ccc(CC)cc2)CC1. The van der Waals surface area contributed by atoms with E-state index in [9.17, 15) is 9.59 Å². The van der Waals surface area contributed by atoms with Crippen molar-refractivity contribution in [2.45, 2.75) is 39.7 Å². The number of ether oxygens (including phenoxy) is 1. The lowest BCUT2D eigenvalue weighted by Gasteiger charge is -2.30. The van der Waals surface area contributed by atoms with Crippen molar-refractivity contribution in [2.24, 2.45) is 5.92 Å². The minimum Gasteiger partial charge on any atom is -0.450 e. The number of carbonyl (C=O) groups is 2. The topological polar surface area (TPSA) is 76.5 Å². The van der Waals surface area contributed by atoms with E-state index in [1.807, 2.05) is 6.07 Å². The van der Waals surface area contributed by atoms with Crippen LogP contribution in [0, 0.1) is 5.92 Å². The summed E-state index contributed by atoms with van der Waals surface area (Å²) in [5, 5.41) is 7.34. The maximum absolute atomic E-state index is 12.7. The molecule has 28 heavy (non-hydrogen) atoms. The zero-order chi connectivity index (χ0) is 19.9. The molecule has 0 atom stereocenters. The fourth-order valence-corrected chi connectivity index (χ4v) is 3.39. The van der Waals surface area contributed by atoms with E-state index in [0.29, 0.717) is 44.9 Å². The molecule has 1 aromatic heterocycles. The van der Waals surface area contributed by atoms with Crippen LogP contribution in [0.5, 0.6) is 0 Å². The smallest absolute Gasteiger partial charge is 0.409 e. The van der Waals surface area contributed by atoms with Crippen LogP contribution < -0.4 is 5.32 Å². The molecule has 1 aromatic carbocycles. The molecule has 7 nitrogen and oxygen atoms in total. The van der Waals surface area contributed by atoms with Crippen molar-refractivity contribution in [1.82, 2.24) is 14.7 Å². The third kappa shape index (κ3) is 4.91. The van der Waals surface area contributed by atoms with Crippen LogP contribution in [0.25, 0.3) is 0 Å². The van der Waals surface area contributed by atoms with E-state index >= 15 is 0 Å². The number of carbonyl (C=O) groups excluding carboxylic acids is 2. The number of rotatable bonds is 6. The average Bonchev–Trinajstić information content (AvgIpc) is 3.15. The molecule has 2 heterocycles. The van der Waals surface area contributed by atoms with Gasteiger partial charge >= 0.3 is 6.09 Å². The number of aromatic nitrogens is 2. The Morgan fingerprint density at radius 3 is 2.43 bits per heavy atom. The van der Waals surface area contributed by atoms with Gasteiger partial charge in [0.1, 0.15) is 5.82 Å². The van der Waals surface area contributed by atoms with Crippen molar-refractivity contribution < 1.29 is 14.3 Å². The molecule has 1 N–H and O–H groups in total. The van der Waals surface area contributed by atoms with E-state index < -0.39 is 0 Å². The van der Waals surface area contributed by atoms with Crippen LogP contribution in [-0.2, 0) is 22.5 Å². The maximum atomic E-state index is 12.7. The summed E-state index contributed by atoms with van der Waals surface area (Å²) < 4.78 is 6.82. The summed E-state index contributed by atoms with van der Waals surface area (Å²) in [6, 6.07) is 10.2. The number of amides is 2. The van der Waals surface area contributed by atoms with Crippen LogP contribution in [-0.4, -0.2) is 46.4 Å². The summed E-state index contributed by atoms with van der Waals surface area (Å²) in [4.78, 5) is 26.1. The Bertz CT molecular complexity index is 792. The Kier molecular flexibility index (Phi) is 6.68. The van der Waals surface area contributed by atoms with E-state index in [4.69, 9.17) is 4.74 Å². The van der Waals surface area contributed by atoms with E-state index in [-0.39, 0.29) is 17.9 Å². The first-order valence-corrected chi connectivity index (χ1v) is 9.93. The minimum atomic E-state index is -0.298. The molecule has 2 aromatic rings. The average molecular weight is 384 g/mol. The van der Waals surface area contributed by atoms with Gasteiger partial charge in [0.25, 0.3) is 0 Å². The summed E-state index contributed by atoms with van der Waals surface area (Å²) in [5.41, 5.74) is 2.44. The zero-order valence-electron chi connectivity index (χ0n) is 16.6. The second-order valence-electron chi connectivity index (χ2n) is 6.99. The number of hydrogen-bond acceptors (Lipinski definition) is 4. The molecule has 0 radical (unpaired) electrons. The van der Waals surface area contributed by atoms with E-state index in [1.54, 1.807) is 22.7 Å². The van der Waals surface area contributed by atoms with Crippen molar-refractivity contribution >= 4 is 17.8 Å². The molecule has 0 unspecified atom stereocenters. The van der Waals surface area contributed by atoms with Gasteiger partial charge in [-0.2, -0.15) is 5.10 Å². The fraction of sp³-hybridized carbons (Fsp3) is 0.476. The lowest BCUT2D eigenvalue weighted by atomic mass is 9.96. The first kappa shape index (κ1) is 19.9. The molecule has 2 amide bonds. The van der Waals surface area contributed by atoms with Crippen molar-refractivity contribution in [3.05, 3.63) is 47.7 Å². The minimum absolute atomic E-state index is 0.0217. The maximum Gasteiger partial charge on any atom is 0.409 e. The number of benzene rings is 1.